The lowest BCUT2D eigenvalue weighted by molar-refractivity contribution is -0.137. The summed E-state index contributed by atoms with van der Waals surface area (Å²) in [5.41, 5.74) is 5.73. The number of aromatic nitrogens is 4. The molecule has 3 aromatic rings. The Morgan fingerprint density at radius 3 is 2.29 bits per heavy atom. The van der Waals surface area contributed by atoms with Crippen molar-refractivity contribution in [1.29, 1.82) is 0 Å². The number of nitrogens with two attached hydrogens (primary N) is 1. The highest BCUT2D eigenvalue weighted by Crippen LogP contribution is 2.61. The maximum Gasteiger partial charge on any atom is 0.481 e. The molecule has 26 nitrogen and oxygen atoms in total. The highest BCUT2D eigenvalue weighted by molar-refractivity contribution is 7.61. The second kappa shape index (κ2) is 23.6. The number of rotatable bonds is 30. The predicted molar refractivity (Wildman–Crippen MR) is 244 cm³/mol. The summed E-state index contributed by atoms with van der Waals surface area (Å²) in [7, 11) is -16.5. The van der Waals surface area contributed by atoms with Crippen LogP contribution >= 0.6 is 23.5 Å². The van der Waals surface area contributed by atoms with E-state index in [1.165, 1.54) is 25.0 Å². The molecule has 2 amide bonds. The smallest absolute Gasteiger partial charge is 0.461 e. The molecule has 390 valence electrons. The van der Waals surface area contributed by atoms with Gasteiger partial charge in [-0.3, -0.25) is 37.3 Å². The fourth-order valence-corrected chi connectivity index (χ4v) is 10.5. The van der Waals surface area contributed by atoms with Gasteiger partial charge in [-0.2, -0.15) is 4.31 Å². The number of phosphoric acid groups is 3. The van der Waals surface area contributed by atoms with Crippen molar-refractivity contribution in [2.24, 2.45) is 10.8 Å². The van der Waals surface area contributed by atoms with E-state index in [1.807, 2.05) is 19.9 Å². The van der Waals surface area contributed by atoms with Crippen LogP contribution in [0.2, 0.25) is 0 Å². The molecule has 2 aliphatic rings. The largest absolute Gasteiger partial charge is 0.481 e. The molecule has 7 unspecified atom stereocenters. The molecular formula is C41H62N7O19P3. The third-order valence-corrected chi connectivity index (χ3v) is 15.1. The van der Waals surface area contributed by atoms with Gasteiger partial charge < -0.3 is 55.6 Å². The first-order valence-corrected chi connectivity index (χ1v) is 26.8. The van der Waals surface area contributed by atoms with E-state index < -0.39 is 90.0 Å². The van der Waals surface area contributed by atoms with Crippen LogP contribution in [0.4, 0.5) is 5.82 Å². The van der Waals surface area contributed by atoms with E-state index in [4.69, 9.17) is 24.3 Å². The molecule has 1 saturated heterocycles. The molecule has 10 N–H and O–H groups in total. The van der Waals surface area contributed by atoms with Crippen LogP contribution in [0.1, 0.15) is 96.4 Å². The number of carbonyl (C=O) groups is 4. The van der Waals surface area contributed by atoms with Crippen LogP contribution in [-0.4, -0.2) is 130 Å². The quantitative estimate of drug-likeness (QED) is 0.0342. The first kappa shape index (κ1) is 56.8. The number of fused-ring (bicyclic) bond motifs is 1. The van der Waals surface area contributed by atoms with E-state index in [9.17, 15) is 62.7 Å². The number of aryl methyl sites for hydroxylation is 2. The van der Waals surface area contributed by atoms with Crippen molar-refractivity contribution in [3.8, 4) is 0 Å². The van der Waals surface area contributed by atoms with Gasteiger partial charge in [-0.1, -0.05) is 52.0 Å². The van der Waals surface area contributed by atoms with Crippen molar-refractivity contribution in [3.63, 3.8) is 0 Å². The van der Waals surface area contributed by atoms with Crippen molar-refractivity contribution in [2.75, 3.05) is 32.0 Å². The third kappa shape index (κ3) is 16.5. The van der Waals surface area contributed by atoms with E-state index in [0.29, 0.717) is 12.9 Å². The second-order valence-electron chi connectivity index (χ2n) is 18.6. The lowest BCUT2D eigenvalue weighted by Gasteiger charge is -2.30. The molecule has 3 heterocycles. The summed E-state index contributed by atoms with van der Waals surface area (Å²) in [5.74, 6) is -1.54. The topological polar surface area (TPSA) is 390 Å². The molecule has 2 fully saturated rings. The number of hydrogen-bond acceptors (Lipinski definition) is 19. The zero-order valence-corrected chi connectivity index (χ0v) is 41.7. The van der Waals surface area contributed by atoms with Crippen LogP contribution in [-0.2, 0) is 73.1 Å². The van der Waals surface area contributed by atoms with Gasteiger partial charge in [-0.05, 0) is 62.5 Å². The zero-order chi connectivity index (χ0) is 51.7. The molecule has 7 atom stereocenters. The van der Waals surface area contributed by atoms with Gasteiger partial charge in [0, 0.05) is 36.8 Å². The average molecular weight is 1050 g/mol. The van der Waals surface area contributed by atoms with Gasteiger partial charge >= 0.3 is 23.5 Å². The number of anilines is 1. The molecule has 70 heavy (non-hydrogen) atoms. The Hall–Kier alpha value is -4.10. The minimum Gasteiger partial charge on any atom is -0.461 e. The minimum absolute atomic E-state index is 0.0255. The van der Waals surface area contributed by atoms with E-state index in [2.05, 4.69) is 52.6 Å². The number of benzene rings is 1. The number of aliphatic hydroxyl groups is 2. The van der Waals surface area contributed by atoms with Gasteiger partial charge in [0.15, 0.2) is 17.7 Å². The van der Waals surface area contributed by atoms with Crippen molar-refractivity contribution >= 4 is 64.5 Å². The Balaban J connectivity index is 0.989. The average Bonchev–Trinajstić information content (AvgIpc) is 3.78. The number of ether oxygens (including phenoxy) is 2. The molecule has 0 radical (unpaired) electrons. The van der Waals surface area contributed by atoms with Crippen LogP contribution in [0, 0.1) is 10.8 Å². The highest BCUT2D eigenvalue weighted by Gasteiger charge is 2.50. The van der Waals surface area contributed by atoms with E-state index in [1.54, 1.807) is 0 Å². The van der Waals surface area contributed by atoms with Crippen molar-refractivity contribution in [2.45, 2.75) is 128 Å². The van der Waals surface area contributed by atoms with E-state index in [0.717, 1.165) is 62.2 Å². The Morgan fingerprint density at radius 1 is 0.971 bits per heavy atom. The minimum atomic E-state index is -5.60. The zero-order valence-electron chi connectivity index (χ0n) is 39.0. The molecular weight excluding hydrogens is 987 g/mol. The van der Waals surface area contributed by atoms with Gasteiger partial charge in [0.2, 0.25) is 11.8 Å². The summed E-state index contributed by atoms with van der Waals surface area (Å²) in [6, 6.07) is 8.33. The van der Waals surface area contributed by atoms with Crippen molar-refractivity contribution < 1.29 is 90.0 Å². The highest BCUT2D eigenvalue weighted by atomic mass is 31.3. The Bertz CT molecular complexity index is 2470. The summed E-state index contributed by atoms with van der Waals surface area (Å²) in [5, 5.41) is 26.7. The van der Waals surface area contributed by atoms with Crippen LogP contribution < -0.4 is 16.4 Å². The number of nitrogens with zero attached hydrogens (tertiary/aromatic N) is 4. The molecule has 0 bridgehead atoms. The molecule has 1 aliphatic carbocycles. The summed E-state index contributed by atoms with van der Waals surface area (Å²) >= 11 is 0. The Morgan fingerprint density at radius 2 is 1.63 bits per heavy atom. The molecule has 0 spiro atoms. The number of imidazole rings is 1. The maximum absolute atomic E-state index is 13.1. The lowest BCUT2D eigenvalue weighted by atomic mass is 9.81. The van der Waals surface area contributed by atoms with Gasteiger partial charge in [-0.25, -0.2) is 28.6 Å². The van der Waals surface area contributed by atoms with Gasteiger partial charge in [0.1, 0.15) is 47.6 Å². The first-order chi connectivity index (χ1) is 32.7. The summed E-state index contributed by atoms with van der Waals surface area (Å²) in [4.78, 5) is 100. The first-order valence-electron chi connectivity index (χ1n) is 22.3. The predicted octanol–water partition coefficient (Wildman–Crippen LogP) is 2.44. The number of amides is 2. The fraction of sp³-hybridized carbons (Fsp3) is 0.634. The number of hydrogen-bond donors (Lipinski definition) is 9. The number of nitrogens with one attached hydrogen (secondary N) is 2. The number of phosphoric ester groups is 3. The van der Waals surface area contributed by atoms with E-state index >= 15 is 0 Å². The van der Waals surface area contributed by atoms with E-state index in [-0.39, 0.29) is 54.3 Å². The molecule has 1 saturated carbocycles. The fourth-order valence-electron chi connectivity index (χ4n) is 7.69. The van der Waals surface area contributed by atoms with Crippen LogP contribution in [0.3, 0.4) is 0 Å². The third-order valence-electron chi connectivity index (χ3n) is 12.0. The summed E-state index contributed by atoms with van der Waals surface area (Å²) in [6.07, 6.45) is -0.263. The molecule has 5 rings (SSSR count). The van der Waals surface area contributed by atoms with Crippen LogP contribution in [0.5, 0.6) is 0 Å². The number of aliphatic hydroxyl groups excluding tert-OH is 2. The van der Waals surface area contributed by atoms with Gasteiger partial charge in [0.25, 0.3) is 6.47 Å². The monoisotopic (exact) mass is 1050 g/mol. The lowest BCUT2D eigenvalue weighted by Crippen LogP contribution is -2.46. The number of carbonyl (C=O) groups excluding carboxylic acids is 4. The SMILES string of the molecule is CC(C)(CCCc1cccc(CCCC2(OC=O)CC2)c1)C(=O)CCNC(=O)CCNC(=O)C(O)C(C)(C)COP(=O)(O)OP(=O)(O)OCC1OC(n2cnc3c(N)ncnc32)C(O)C1OP(=O)(O)O. The number of nitrogen functional groups attached to an aromatic ring is 1. The van der Waals surface area contributed by atoms with Crippen LogP contribution in [0.15, 0.2) is 36.9 Å². The van der Waals surface area contributed by atoms with Gasteiger partial charge in [0.05, 0.1) is 19.5 Å². The van der Waals surface area contributed by atoms with Crippen molar-refractivity contribution in [3.05, 3.63) is 48.0 Å². The molecule has 2 aromatic heterocycles. The summed E-state index contributed by atoms with van der Waals surface area (Å²) < 4.78 is 67.8. The standard InChI is InChI=1S/C41H62N7O19P3/c1-39(2,14-6-10-26-8-5-9-27(20-26)11-7-15-41(16-17-41)62-25-49)29(50)12-18-43-30(51)13-19-44-37(54)34(53)40(3,4)22-64-70(60,61)67-69(58,59)63-21-28-33(66-68(55,56)57)32(52)38(65-28)48-24-47-31-35(42)45-23-46-36(31)48/h5,8-9,20,23-25,28,32-34,38,52-53H,6-7,10-19,21-22H2,1-4H3,(H,43,51)(H,44,54)(H,58,59)(H,60,61)(H2,42,45,46)(H2,55,56,57). The molecule has 1 aliphatic heterocycles. The van der Waals surface area contributed by atoms with Gasteiger partial charge in [-0.15, -0.1) is 0 Å². The second-order valence-corrected chi connectivity index (χ2v) is 22.8. The Labute approximate surface area is 402 Å². The van der Waals surface area contributed by atoms with Crippen LogP contribution in [0.25, 0.3) is 11.2 Å². The molecule has 29 heteroatoms. The number of ketones is 1. The summed E-state index contributed by atoms with van der Waals surface area (Å²) in [6.45, 7) is 4.56. The number of Topliss-reactive ketones (excluding diaryl/α,β-unsaturated/α-hetero) is 1. The maximum atomic E-state index is 13.1. The normalized spacial score (nSPS) is 21.3. The molecule has 1 aromatic carbocycles. The Kier molecular flexibility index (Phi) is 19.2. The van der Waals surface area contributed by atoms with Crippen molar-refractivity contribution in [1.82, 2.24) is 30.2 Å².